The SMILES string of the molecule is CNCCCc1cnc(C2CCS(=O)(=O)C2)s1. The van der Waals surface area contributed by atoms with Crippen LogP contribution in [0.1, 0.15) is 28.6 Å². The van der Waals surface area contributed by atoms with E-state index < -0.39 is 9.84 Å². The second-order valence-electron chi connectivity index (χ2n) is 4.47. The Hall–Kier alpha value is -0.460. The number of aromatic nitrogens is 1. The normalized spacial score (nSPS) is 23.0. The van der Waals surface area contributed by atoms with Crippen molar-refractivity contribution in [1.82, 2.24) is 10.3 Å². The molecular weight excluding hydrogens is 256 g/mol. The zero-order valence-corrected chi connectivity index (χ0v) is 11.6. The number of thiazole rings is 1. The molecule has 6 heteroatoms. The third-order valence-corrected chi connectivity index (χ3v) is 5.99. The molecule has 1 aliphatic rings. The maximum atomic E-state index is 11.4. The van der Waals surface area contributed by atoms with Crippen LogP contribution in [0.4, 0.5) is 0 Å². The lowest BCUT2D eigenvalue weighted by atomic mass is 10.1. The van der Waals surface area contributed by atoms with Gasteiger partial charge in [-0.1, -0.05) is 0 Å². The van der Waals surface area contributed by atoms with Crippen molar-refractivity contribution in [2.75, 3.05) is 25.1 Å². The summed E-state index contributed by atoms with van der Waals surface area (Å²) in [5, 5.41) is 4.12. The van der Waals surface area contributed by atoms with Crippen LogP contribution < -0.4 is 5.32 Å². The first kappa shape index (κ1) is 13.0. The summed E-state index contributed by atoms with van der Waals surface area (Å²) in [5.74, 6) is 0.756. The van der Waals surface area contributed by atoms with Gasteiger partial charge in [-0.05, 0) is 32.9 Å². The molecule has 2 heterocycles. The van der Waals surface area contributed by atoms with Crippen molar-refractivity contribution in [1.29, 1.82) is 0 Å². The van der Waals surface area contributed by atoms with Gasteiger partial charge in [-0.3, -0.25) is 0 Å². The molecule has 1 aliphatic heterocycles. The number of hydrogen-bond donors (Lipinski definition) is 1. The Balaban J connectivity index is 1.94. The zero-order valence-electron chi connectivity index (χ0n) is 9.98. The van der Waals surface area contributed by atoms with Gasteiger partial charge in [-0.15, -0.1) is 11.3 Å². The molecule has 2 rings (SSSR count). The van der Waals surface area contributed by atoms with Crippen molar-refractivity contribution >= 4 is 21.2 Å². The number of rotatable bonds is 5. The van der Waals surface area contributed by atoms with Gasteiger partial charge < -0.3 is 5.32 Å². The fourth-order valence-corrected chi connectivity index (χ4v) is 5.00. The van der Waals surface area contributed by atoms with E-state index in [1.165, 1.54) is 4.88 Å². The Morgan fingerprint density at radius 1 is 1.59 bits per heavy atom. The lowest BCUT2D eigenvalue weighted by Crippen LogP contribution is -2.07. The van der Waals surface area contributed by atoms with Crippen molar-refractivity contribution in [3.05, 3.63) is 16.1 Å². The van der Waals surface area contributed by atoms with E-state index in [1.54, 1.807) is 11.3 Å². The first-order chi connectivity index (χ1) is 8.11. The lowest BCUT2D eigenvalue weighted by Gasteiger charge is -2.01. The Morgan fingerprint density at radius 2 is 2.41 bits per heavy atom. The van der Waals surface area contributed by atoms with Crippen molar-refractivity contribution in [3.8, 4) is 0 Å². The van der Waals surface area contributed by atoms with Gasteiger partial charge in [-0.25, -0.2) is 13.4 Å². The van der Waals surface area contributed by atoms with E-state index in [1.807, 2.05) is 13.2 Å². The third kappa shape index (κ3) is 3.50. The molecule has 0 aliphatic carbocycles. The lowest BCUT2D eigenvalue weighted by molar-refractivity contribution is 0.601. The van der Waals surface area contributed by atoms with Gasteiger partial charge in [0.25, 0.3) is 0 Å². The van der Waals surface area contributed by atoms with Crippen molar-refractivity contribution in [3.63, 3.8) is 0 Å². The molecule has 0 bridgehead atoms. The minimum Gasteiger partial charge on any atom is -0.320 e. The summed E-state index contributed by atoms with van der Waals surface area (Å²) < 4.78 is 22.8. The van der Waals surface area contributed by atoms with Crippen LogP contribution in [0.2, 0.25) is 0 Å². The molecule has 1 N–H and O–H groups in total. The molecule has 0 radical (unpaired) electrons. The second kappa shape index (κ2) is 5.46. The highest BCUT2D eigenvalue weighted by atomic mass is 32.2. The van der Waals surface area contributed by atoms with Gasteiger partial charge in [0.15, 0.2) is 9.84 Å². The highest BCUT2D eigenvalue weighted by Gasteiger charge is 2.30. The van der Waals surface area contributed by atoms with Crippen molar-refractivity contribution in [2.45, 2.75) is 25.2 Å². The monoisotopic (exact) mass is 274 g/mol. The quantitative estimate of drug-likeness (QED) is 0.820. The Kier molecular flexibility index (Phi) is 4.17. The number of sulfone groups is 1. The minimum absolute atomic E-state index is 0.142. The Bertz CT molecular complexity index is 468. The molecule has 1 aromatic heterocycles. The fraction of sp³-hybridized carbons (Fsp3) is 0.727. The predicted molar refractivity (Wildman–Crippen MR) is 70.4 cm³/mol. The molecule has 0 aromatic carbocycles. The first-order valence-electron chi connectivity index (χ1n) is 5.90. The number of aryl methyl sites for hydroxylation is 1. The molecule has 96 valence electrons. The van der Waals surface area contributed by atoms with Crippen LogP contribution in [-0.4, -0.2) is 38.5 Å². The Labute approximate surface area is 106 Å². The van der Waals surface area contributed by atoms with Gasteiger partial charge in [0.2, 0.25) is 0 Å². The summed E-state index contributed by atoms with van der Waals surface area (Å²) in [5.41, 5.74) is 0. The van der Waals surface area contributed by atoms with Crippen LogP contribution in [0.5, 0.6) is 0 Å². The van der Waals surface area contributed by atoms with Gasteiger partial charge in [-0.2, -0.15) is 0 Å². The zero-order chi connectivity index (χ0) is 12.3. The number of nitrogens with zero attached hydrogens (tertiary/aromatic N) is 1. The fourth-order valence-electron chi connectivity index (χ4n) is 2.06. The maximum Gasteiger partial charge on any atom is 0.151 e. The minimum atomic E-state index is -2.80. The molecule has 0 saturated carbocycles. The van der Waals surface area contributed by atoms with E-state index >= 15 is 0 Å². The van der Waals surface area contributed by atoms with Crippen LogP contribution in [0.3, 0.4) is 0 Å². The Morgan fingerprint density at radius 3 is 3.06 bits per heavy atom. The summed E-state index contributed by atoms with van der Waals surface area (Å²) in [7, 11) is -0.853. The summed E-state index contributed by atoms with van der Waals surface area (Å²) in [4.78, 5) is 5.64. The standard InChI is InChI=1S/C11H18N2O2S2/c1-12-5-2-3-10-7-13-11(16-10)9-4-6-17(14,15)8-9/h7,9,12H,2-6,8H2,1H3. The first-order valence-corrected chi connectivity index (χ1v) is 8.54. The average Bonchev–Trinajstić information content (AvgIpc) is 2.85. The molecule has 1 aromatic rings. The second-order valence-corrected chi connectivity index (χ2v) is 7.85. The van der Waals surface area contributed by atoms with Crippen LogP contribution >= 0.6 is 11.3 Å². The number of hydrogen-bond acceptors (Lipinski definition) is 5. The van der Waals surface area contributed by atoms with Crippen molar-refractivity contribution < 1.29 is 8.42 Å². The van der Waals surface area contributed by atoms with Gasteiger partial charge >= 0.3 is 0 Å². The van der Waals surface area contributed by atoms with Crippen molar-refractivity contribution in [2.24, 2.45) is 0 Å². The summed E-state index contributed by atoms with van der Waals surface area (Å²) in [6.07, 6.45) is 4.77. The van der Waals surface area contributed by atoms with Crippen LogP contribution in [0, 0.1) is 0 Å². The van der Waals surface area contributed by atoms with Gasteiger partial charge in [0, 0.05) is 17.0 Å². The van der Waals surface area contributed by atoms with E-state index in [0.717, 1.165) is 30.8 Å². The van der Waals surface area contributed by atoms with E-state index in [0.29, 0.717) is 5.75 Å². The van der Waals surface area contributed by atoms with E-state index in [4.69, 9.17) is 0 Å². The topological polar surface area (TPSA) is 59.1 Å². The molecule has 0 spiro atoms. The van der Waals surface area contributed by atoms with Gasteiger partial charge in [0.05, 0.1) is 16.5 Å². The number of nitrogens with one attached hydrogen (secondary N) is 1. The third-order valence-electron chi connectivity index (χ3n) is 3.00. The predicted octanol–water partition coefficient (Wildman–Crippen LogP) is 1.20. The molecule has 1 fully saturated rings. The van der Waals surface area contributed by atoms with Crippen LogP contribution in [0.15, 0.2) is 6.20 Å². The molecule has 1 atom stereocenters. The average molecular weight is 274 g/mol. The maximum absolute atomic E-state index is 11.4. The molecule has 1 unspecified atom stereocenters. The molecule has 4 nitrogen and oxygen atoms in total. The van der Waals surface area contributed by atoms with Crippen LogP contribution in [-0.2, 0) is 16.3 Å². The molecule has 17 heavy (non-hydrogen) atoms. The van der Waals surface area contributed by atoms with Gasteiger partial charge in [0.1, 0.15) is 0 Å². The molecule has 1 saturated heterocycles. The van der Waals surface area contributed by atoms with E-state index in [9.17, 15) is 8.42 Å². The highest BCUT2D eigenvalue weighted by Crippen LogP contribution is 2.31. The summed E-state index contributed by atoms with van der Waals surface area (Å²) in [6, 6.07) is 0. The molecular formula is C11H18N2O2S2. The van der Waals surface area contributed by atoms with E-state index in [-0.39, 0.29) is 11.7 Å². The molecule has 0 amide bonds. The van der Waals surface area contributed by atoms with Crippen LogP contribution in [0.25, 0.3) is 0 Å². The summed E-state index contributed by atoms with van der Waals surface area (Å²) >= 11 is 1.68. The van der Waals surface area contributed by atoms with E-state index in [2.05, 4.69) is 10.3 Å². The smallest absolute Gasteiger partial charge is 0.151 e. The summed E-state index contributed by atoms with van der Waals surface area (Å²) in [6.45, 7) is 1.01. The largest absolute Gasteiger partial charge is 0.320 e. The highest BCUT2D eigenvalue weighted by molar-refractivity contribution is 7.91.